The van der Waals surface area contributed by atoms with Gasteiger partial charge in [0.2, 0.25) is 0 Å². The SMILES string of the molecule is CN1CCC2(CC1)NC(=O)N(CN1CCC[C@@H]1c1cccs1)C2=O. The van der Waals surface area contributed by atoms with Crippen molar-refractivity contribution in [1.29, 1.82) is 0 Å². The Labute approximate surface area is 146 Å². The van der Waals surface area contributed by atoms with Gasteiger partial charge < -0.3 is 10.2 Å². The highest BCUT2D eigenvalue weighted by atomic mass is 32.1. The Morgan fingerprint density at radius 3 is 2.79 bits per heavy atom. The summed E-state index contributed by atoms with van der Waals surface area (Å²) >= 11 is 1.75. The molecule has 24 heavy (non-hydrogen) atoms. The van der Waals surface area contributed by atoms with Crippen molar-refractivity contribution in [3.05, 3.63) is 22.4 Å². The number of carbonyl (C=O) groups excluding carboxylic acids is 2. The standard InChI is InChI=1S/C17H24N4O2S/c1-19-9-6-17(7-10-19)15(22)21(16(23)18-17)12-20-8-2-4-13(20)14-5-3-11-24-14/h3,5,11,13H,2,4,6-10,12H2,1H3,(H,18,23)/t13-/m1/s1. The molecule has 0 bridgehead atoms. The molecule has 0 radical (unpaired) electrons. The zero-order valence-electron chi connectivity index (χ0n) is 14.0. The predicted octanol–water partition coefficient (Wildman–Crippen LogP) is 1.86. The van der Waals surface area contributed by atoms with Crippen molar-refractivity contribution in [3.8, 4) is 0 Å². The minimum Gasteiger partial charge on any atom is -0.323 e. The molecular weight excluding hydrogens is 324 g/mol. The van der Waals surface area contributed by atoms with Crippen LogP contribution in [0.5, 0.6) is 0 Å². The second-order valence-electron chi connectivity index (χ2n) is 7.18. The molecule has 0 saturated carbocycles. The van der Waals surface area contributed by atoms with Crippen molar-refractivity contribution in [3.63, 3.8) is 0 Å². The summed E-state index contributed by atoms with van der Waals surface area (Å²) in [5.74, 6) is -0.0302. The topological polar surface area (TPSA) is 55.9 Å². The fourth-order valence-corrected chi connectivity index (χ4v) is 5.02. The third-order valence-electron chi connectivity index (χ3n) is 5.64. The van der Waals surface area contributed by atoms with Gasteiger partial charge in [0.1, 0.15) is 5.54 Å². The van der Waals surface area contributed by atoms with Crippen molar-refractivity contribution in [1.82, 2.24) is 20.0 Å². The molecule has 1 atom stereocenters. The van der Waals surface area contributed by atoms with Crippen molar-refractivity contribution >= 4 is 23.3 Å². The lowest BCUT2D eigenvalue weighted by Crippen LogP contribution is -2.54. The first-order valence-electron chi connectivity index (χ1n) is 8.69. The van der Waals surface area contributed by atoms with Crippen LogP contribution in [-0.4, -0.2) is 65.5 Å². The van der Waals surface area contributed by atoms with E-state index in [1.165, 1.54) is 9.78 Å². The van der Waals surface area contributed by atoms with E-state index in [1.54, 1.807) is 11.3 Å². The van der Waals surface area contributed by atoms with E-state index in [1.807, 2.05) is 0 Å². The Morgan fingerprint density at radius 2 is 2.08 bits per heavy atom. The number of rotatable bonds is 3. The van der Waals surface area contributed by atoms with E-state index in [9.17, 15) is 9.59 Å². The normalized spacial score (nSPS) is 28.0. The molecular formula is C17H24N4O2S. The molecule has 0 aliphatic carbocycles. The zero-order chi connectivity index (χ0) is 16.7. The third-order valence-corrected chi connectivity index (χ3v) is 6.62. The van der Waals surface area contributed by atoms with Crippen LogP contribution in [0.4, 0.5) is 4.79 Å². The summed E-state index contributed by atoms with van der Waals surface area (Å²) in [6, 6.07) is 4.33. The Balaban J connectivity index is 1.48. The molecule has 3 aliphatic heterocycles. The number of hydrogen-bond acceptors (Lipinski definition) is 5. The highest BCUT2D eigenvalue weighted by Crippen LogP contribution is 2.36. The summed E-state index contributed by atoms with van der Waals surface area (Å²) in [5, 5.41) is 5.09. The van der Waals surface area contributed by atoms with E-state index >= 15 is 0 Å². The molecule has 0 unspecified atom stereocenters. The van der Waals surface area contributed by atoms with E-state index in [-0.39, 0.29) is 11.9 Å². The van der Waals surface area contributed by atoms with Crippen molar-refractivity contribution in [2.24, 2.45) is 0 Å². The summed E-state index contributed by atoms with van der Waals surface area (Å²) in [6.07, 6.45) is 3.63. The first-order chi connectivity index (χ1) is 11.6. The fourth-order valence-electron chi connectivity index (χ4n) is 4.12. The minimum atomic E-state index is -0.665. The van der Waals surface area contributed by atoms with E-state index in [4.69, 9.17) is 0 Å². The van der Waals surface area contributed by atoms with Crippen molar-refractivity contribution in [2.75, 3.05) is 33.4 Å². The predicted molar refractivity (Wildman–Crippen MR) is 92.7 cm³/mol. The number of amides is 3. The molecule has 3 fully saturated rings. The molecule has 4 heterocycles. The highest BCUT2D eigenvalue weighted by Gasteiger charge is 2.52. The summed E-state index contributed by atoms with van der Waals surface area (Å²) in [4.78, 5) is 32.7. The van der Waals surface area contributed by atoms with Crippen LogP contribution in [0.15, 0.2) is 17.5 Å². The molecule has 7 heteroatoms. The summed E-state index contributed by atoms with van der Waals surface area (Å²) in [5.41, 5.74) is -0.665. The van der Waals surface area contributed by atoms with Crippen LogP contribution in [0.3, 0.4) is 0 Å². The van der Waals surface area contributed by atoms with E-state index < -0.39 is 5.54 Å². The lowest BCUT2D eigenvalue weighted by molar-refractivity contribution is -0.134. The smallest absolute Gasteiger partial charge is 0.323 e. The Kier molecular flexibility index (Phi) is 4.10. The summed E-state index contributed by atoms with van der Waals surface area (Å²) < 4.78 is 0. The van der Waals surface area contributed by atoms with Gasteiger partial charge in [-0.05, 0) is 44.2 Å². The second kappa shape index (κ2) is 6.13. The zero-order valence-corrected chi connectivity index (χ0v) is 14.8. The van der Waals surface area contributed by atoms with Crippen LogP contribution >= 0.6 is 11.3 Å². The van der Waals surface area contributed by atoms with Crippen LogP contribution in [0.2, 0.25) is 0 Å². The lowest BCUT2D eigenvalue weighted by atomic mass is 9.88. The van der Waals surface area contributed by atoms with Crippen LogP contribution in [0.1, 0.15) is 36.6 Å². The van der Waals surface area contributed by atoms with Gasteiger partial charge in [-0.1, -0.05) is 6.07 Å². The molecule has 1 N–H and O–H groups in total. The molecule has 1 aromatic rings. The summed E-state index contributed by atoms with van der Waals surface area (Å²) in [6.45, 7) is 3.04. The number of nitrogens with one attached hydrogen (secondary N) is 1. The number of imide groups is 1. The Hall–Kier alpha value is -1.44. The van der Waals surface area contributed by atoms with Gasteiger partial charge in [0, 0.05) is 30.6 Å². The first-order valence-corrected chi connectivity index (χ1v) is 9.57. The fraction of sp³-hybridized carbons (Fsp3) is 0.647. The van der Waals surface area contributed by atoms with E-state index in [0.29, 0.717) is 25.6 Å². The number of hydrogen-bond donors (Lipinski definition) is 1. The van der Waals surface area contributed by atoms with Gasteiger partial charge in [-0.2, -0.15) is 0 Å². The largest absolute Gasteiger partial charge is 0.326 e. The maximum atomic E-state index is 13.0. The molecule has 4 rings (SSSR count). The monoisotopic (exact) mass is 348 g/mol. The molecule has 3 amide bonds. The van der Waals surface area contributed by atoms with Crippen LogP contribution in [-0.2, 0) is 4.79 Å². The number of thiophene rings is 1. The number of nitrogens with zero attached hydrogens (tertiary/aromatic N) is 3. The van der Waals surface area contributed by atoms with Crippen molar-refractivity contribution in [2.45, 2.75) is 37.3 Å². The average molecular weight is 348 g/mol. The minimum absolute atomic E-state index is 0.0302. The van der Waals surface area contributed by atoms with Gasteiger partial charge in [0.05, 0.1) is 6.67 Å². The van der Waals surface area contributed by atoms with Gasteiger partial charge >= 0.3 is 6.03 Å². The third kappa shape index (κ3) is 2.64. The second-order valence-corrected chi connectivity index (χ2v) is 8.16. The summed E-state index contributed by atoms with van der Waals surface area (Å²) in [7, 11) is 2.06. The molecule has 6 nitrogen and oxygen atoms in total. The van der Waals surface area contributed by atoms with Gasteiger partial charge in [-0.15, -0.1) is 11.3 Å². The van der Waals surface area contributed by atoms with Gasteiger partial charge in [-0.25, -0.2) is 9.69 Å². The van der Waals surface area contributed by atoms with E-state index in [0.717, 1.165) is 32.5 Å². The maximum Gasteiger partial charge on any atom is 0.326 e. The first kappa shape index (κ1) is 16.1. The molecule has 0 aromatic carbocycles. The van der Waals surface area contributed by atoms with Crippen molar-refractivity contribution < 1.29 is 9.59 Å². The molecule has 130 valence electrons. The van der Waals surface area contributed by atoms with Crippen LogP contribution in [0, 0.1) is 0 Å². The van der Waals surface area contributed by atoms with Gasteiger partial charge in [0.15, 0.2) is 0 Å². The molecule has 1 spiro atoms. The van der Waals surface area contributed by atoms with E-state index in [2.05, 4.69) is 39.7 Å². The number of likely N-dealkylation sites (tertiary alicyclic amines) is 2. The highest BCUT2D eigenvalue weighted by molar-refractivity contribution is 7.10. The lowest BCUT2D eigenvalue weighted by Gasteiger charge is -2.35. The van der Waals surface area contributed by atoms with Crippen LogP contribution in [0.25, 0.3) is 0 Å². The Bertz CT molecular complexity index is 625. The van der Waals surface area contributed by atoms with Gasteiger partial charge in [0.25, 0.3) is 5.91 Å². The average Bonchev–Trinajstić information content (AvgIpc) is 3.28. The molecule has 1 aromatic heterocycles. The quantitative estimate of drug-likeness (QED) is 0.847. The number of carbonyl (C=O) groups is 2. The molecule has 3 saturated heterocycles. The molecule has 3 aliphatic rings. The Morgan fingerprint density at radius 1 is 1.29 bits per heavy atom. The van der Waals surface area contributed by atoms with Crippen LogP contribution < -0.4 is 5.32 Å². The van der Waals surface area contributed by atoms with Gasteiger partial charge in [-0.3, -0.25) is 9.69 Å². The maximum absolute atomic E-state index is 13.0. The number of urea groups is 1. The number of piperidine rings is 1.